The Hall–Kier alpha value is -4.10. The topological polar surface area (TPSA) is 133 Å². The molecule has 14 heteroatoms. The fourth-order valence-corrected chi connectivity index (χ4v) is 7.49. The first-order chi connectivity index (χ1) is 21.5. The number of carbonyl (C=O) groups is 2. The van der Waals surface area contributed by atoms with Gasteiger partial charge in [0.15, 0.2) is 0 Å². The molecule has 0 radical (unpaired) electrons. The van der Waals surface area contributed by atoms with Gasteiger partial charge in [-0.1, -0.05) is 71.7 Å². The highest BCUT2D eigenvalue weighted by Crippen LogP contribution is 2.27. The molecule has 0 spiro atoms. The van der Waals surface area contributed by atoms with E-state index in [1.54, 1.807) is 72.8 Å². The van der Waals surface area contributed by atoms with Crippen molar-refractivity contribution in [1.29, 1.82) is 0 Å². The van der Waals surface area contributed by atoms with Crippen molar-refractivity contribution in [3.63, 3.8) is 0 Å². The molecule has 0 heterocycles. The molecule has 4 rings (SSSR count). The van der Waals surface area contributed by atoms with E-state index < -0.39 is 45.0 Å². The molecular weight excluding hydrogens is 659 g/mol. The van der Waals surface area contributed by atoms with Crippen LogP contribution in [0.15, 0.2) is 119 Å². The standard InChI is InChI=1S/C31H30Cl2N4O6S2/c32-24-10-7-12-26(20-24)36(44(40,41)28-14-3-1-4-15-28)22-30(38)34-18-9-19-35-31(39)23-37(27-13-8-11-25(33)21-27)45(42,43)29-16-5-2-6-17-29/h1-8,10-17,20-21H,9,18-19,22-23H2,(H,34,38)(H,35,39). The van der Waals surface area contributed by atoms with Crippen molar-refractivity contribution in [3.05, 3.63) is 119 Å². The third kappa shape index (κ3) is 8.98. The molecule has 0 aliphatic heterocycles. The van der Waals surface area contributed by atoms with E-state index in [0.29, 0.717) is 16.5 Å². The summed E-state index contributed by atoms with van der Waals surface area (Å²) in [5.41, 5.74) is 0.451. The maximum absolute atomic E-state index is 13.4. The van der Waals surface area contributed by atoms with Gasteiger partial charge in [-0.3, -0.25) is 18.2 Å². The highest BCUT2D eigenvalue weighted by molar-refractivity contribution is 7.93. The van der Waals surface area contributed by atoms with Crippen LogP contribution in [0.3, 0.4) is 0 Å². The molecule has 0 aromatic heterocycles. The normalized spacial score (nSPS) is 11.4. The van der Waals surface area contributed by atoms with E-state index in [9.17, 15) is 26.4 Å². The highest BCUT2D eigenvalue weighted by atomic mass is 35.5. The van der Waals surface area contributed by atoms with Gasteiger partial charge in [0.1, 0.15) is 13.1 Å². The molecule has 0 atom stereocenters. The van der Waals surface area contributed by atoms with Crippen LogP contribution in [0.2, 0.25) is 10.0 Å². The van der Waals surface area contributed by atoms with Crippen molar-refractivity contribution in [3.8, 4) is 0 Å². The van der Waals surface area contributed by atoms with Gasteiger partial charge in [-0.25, -0.2) is 16.8 Å². The lowest BCUT2D eigenvalue weighted by Crippen LogP contribution is -2.42. The summed E-state index contributed by atoms with van der Waals surface area (Å²) in [6.45, 7) is -0.770. The molecule has 4 aromatic carbocycles. The fraction of sp³-hybridized carbons (Fsp3) is 0.161. The minimum atomic E-state index is -4.09. The SMILES string of the molecule is O=C(CN(c1cccc(Cl)c1)S(=O)(=O)c1ccccc1)NCCCNC(=O)CN(c1cccc(Cl)c1)S(=O)(=O)c1ccccc1. The number of halogens is 2. The lowest BCUT2D eigenvalue weighted by atomic mass is 10.3. The van der Waals surface area contributed by atoms with Crippen LogP contribution >= 0.6 is 23.2 Å². The molecular formula is C31H30Cl2N4O6S2. The van der Waals surface area contributed by atoms with Crippen LogP contribution < -0.4 is 19.2 Å². The van der Waals surface area contributed by atoms with Crippen molar-refractivity contribution in [2.45, 2.75) is 16.2 Å². The number of nitrogens with one attached hydrogen (secondary N) is 2. The summed E-state index contributed by atoms with van der Waals surface area (Å²) in [7, 11) is -8.17. The van der Waals surface area contributed by atoms with Gasteiger partial charge >= 0.3 is 0 Å². The van der Waals surface area contributed by atoms with Crippen LogP contribution in [0.4, 0.5) is 11.4 Å². The zero-order valence-corrected chi connectivity index (χ0v) is 27.0. The Balaban J connectivity index is 1.35. The zero-order chi connectivity index (χ0) is 32.5. The Labute approximate surface area is 272 Å². The predicted molar refractivity (Wildman–Crippen MR) is 175 cm³/mol. The molecule has 2 amide bonds. The lowest BCUT2D eigenvalue weighted by Gasteiger charge is -2.24. The summed E-state index contributed by atoms with van der Waals surface area (Å²) in [4.78, 5) is 25.7. The second-order valence-corrected chi connectivity index (χ2v) is 14.3. The van der Waals surface area contributed by atoms with E-state index in [2.05, 4.69) is 10.6 Å². The minimum Gasteiger partial charge on any atom is -0.354 e. The van der Waals surface area contributed by atoms with Crippen molar-refractivity contribution in [1.82, 2.24) is 10.6 Å². The molecule has 0 bridgehead atoms. The van der Waals surface area contributed by atoms with E-state index >= 15 is 0 Å². The quantitative estimate of drug-likeness (QED) is 0.185. The fourth-order valence-electron chi connectivity index (χ4n) is 4.25. The van der Waals surface area contributed by atoms with Crippen molar-refractivity contribution < 1.29 is 26.4 Å². The number of sulfonamides is 2. The van der Waals surface area contributed by atoms with Crippen LogP contribution in [0, 0.1) is 0 Å². The van der Waals surface area contributed by atoms with Crippen LogP contribution in [0.1, 0.15) is 6.42 Å². The van der Waals surface area contributed by atoms with Crippen molar-refractivity contribution in [2.75, 3.05) is 34.8 Å². The molecule has 2 N–H and O–H groups in total. The molecule has 4 aromatic rings. The molecule has 0 aliphatic rings. The second-order valence-electron chi connectivity index (χ2n) is 9.66. The smallest absolute Gasteiger partial charge is 0.264 e. The summed E-state index contributed by atoms with van der Waals surface area (Å²) in [5.74, 6) is -1.14. The largest absolute Gasteiger partial charge is 0.354 e. The number of rotatable bonds is 14. The first-order valence-corrected chi connectivity index (χ1v) is 17.3. The number of benzene rings is 4. The van der Waals surface area contributed by atoms with Crippen molar-refractivity contribution in [2.24, 2.45) is 0 Å². The zero-order valence-electron chi connectivity index (χ0n) is 23.8. The van der Waals surface area contributed by atoms with Gasteiger partial charge in [-0.05, 0) is 67.1 Å². The lowest BCUT2D eigenvalue weighted by molar-refractivity contribution is -0.119. The summed E-state index contributed by atoms with van der Waals surface area (Å²) in [6.07, 6.45) is 0.294. The summed E-state index contributed by atoms with van der Waals surface area (Å²) < 4.78 is 55.6. The molecule has 236 valence electrons. The molecule has 10 nitrogen and oxygen atoms in total. The average Bonchev–Trinajstić information content (AvgIpc) is 3.03. The van der Waals surface area contributed by atoms with Gasteiger partial charge < -0.3 is 10.6 Å². The van der Waals surface area contributed by atoms with E-state index in [4.69, 9.17) is 23.2 Å². The van der Waals surface area contributed by atoms with E-state index in [-0.39, 0.29) is 34.3 Å². The molecule has 0 unspecified atom stereocenters. The number of amides is 2. The van der Waals surface area contributed by atoms with Crippen LogP contribution in [0.25, 0.3) is 0 Å². The minimum absolute atomic E-state index is 0.0154. The predicted octanol–water partition coefficient (Wildman–Crippen LogP) is 4.71. The van der Waals surface area contributed by atoms with Gasteiger partial charge in [-0.2, -0.15) is 0 Å². The molecule has 0 aliphatic carbocycles. The monoisotopic (exact) mass is 688 g/mol. The summed E-state index contributed by atoms with van der Waals surface area (Å²) in [5, 5.41) is 5.94. The average molecular weight is 690 g/mol. The molecule has 45 heavy (non-hydrogen) atoms. The third-order valence-electron chi connectivity index (χ3n) is 6.43. The van der Waals surface area contributed by atoms with Crippen LogP contribution in [0.5, 0.6) is 0 Å². The second kappa shape index (κ2) is 15.3. The van der Waals surface area contributed by atoms with Gasteiger partial charge in [0.05, 0.1) is 21.2 Å². The van der Waals surface area contributed by atoms with Gasteiger partial charge in [0.25, 0.3) is 20.0 Å². The Morgan fingerprint density at radius 1 is 0.556 bits per heavy atom. The summed E-state index contributed by atoms with van der Waals surface area (Å²) in [6, 6.07) is 27.8. The van der Waals surface area contributed by atoms with Gasteiger partial charge in [0.2, 0.25) is 11.8 Å². The number of carbonyl (C=O) groups excluding carboxylic acids is 2. The van der Waals surface area contributed by atoms with Crippen LogP contribution in [-0.4, -0.2) is 54.8 Å². The Bertz CT molecular complexity index is 1710. The van der Waals surface area contributed by atoms with Gasteiger partial charge in [-0.15, -0.1) is 0 Å². The van der Waals surface area contributed by atoms with E-state index in [1.807, 2.05) is 0 Å². The molecule has 0 fully saturated rings. The van der Waals surface area contributed by atoms with E-state index in [1.165, 1.54) is 36.4 Å². The molecule has 0 saturated heterocycles. The van der Waals surface area contributed by atoms with Crippen molar-refractivity contribution >= 4 is 66.4 Å². The summed E-state index contributed by atoms with van der Waals surface area (Å²) >= 11 is 12.2. The number of hydrogen-bond donors (Lipinski definition) is 2. The number of hydrogen-bond acceptors (Lipinski definition) is 6. The maximum Gasteiger partial charge on any atom is 0.264 e. The van der Waals surface area contributed by atoms with Gasteiger partial charge in [0, 0.05) is 23.1 Å². The van der Waals surface area contributed by atoms with Crippen LogP contribution in [-0.2, 0) is 29.6 Å². The maximum atomic E-state index is 13.4. The third-order valence-corrected chi connectivity index (χ3v) is 10.5. The first kappa shape index (κ1) is 33.8. The number of nitrogens with zero attached hydrogens (tertiary/aromatic N) is 2. The molecule has 0 saturated carbocycles. The highest BCUT2D eigenvalue weighted by Gasteiger charge is 2.28. The Kier molecular flexibility index (Phi) is 11.5. The Morgan fingerprint density at radius 2 is 0.933 bits per heavy atom. The first-order valence-electron chi connectivity index (χ1n) is 13.7. The Morgan fingerprint density at radius 3 is 1.29 bits per heavy atom. The number of anilines is 2. The van der Waals surface area contributed by atoms with E-state index in [0.717, 1.165) is 8.61 Å².